The number of methoxy groups -OCH3 is 1. The van der Waals surface area contributed by atoms with Crippen molar-refractivity contribution in [3.63, 3.8) is 0 Å². The van der Waals surface area contributed by atoms with Gasteiger partial charge in [0.2, 0.25) is 0 Å². The van der Waals surface area contributed by atoms with Gasteiger partial charge in [0.15, 0.2) is 0 Å². The number of benzene rings is 1. The highest BCUT2D eigenvalue weighted by Gasteiger charge is 2.15. The van der Waals surface area contributed by atoms with Crippen LogP contribution in [-0.4, -0.2) is 31.0 Å². The molecular formula is C15H25NO3. The van der Waals surface area contributed by atoms with Crippen molar-refractivity contribution in [3.8, 4) is 5.75 Å². The highest BCUT2D eigenvalue weighted by Crippen LogP contribution is 2.23. The zero-order valence-electron chi connectivity index (χ0n) is 12.3. The van der Waals surface area contributed by atoms with E-state index in [0.717, 1.165) is 30.0 Å². The molecule has 0 radical (unpaired) electrons. The Morgan fingerprint density at radius 1 is 1.32 bits per heavy atom. The summed E-state index contributed by atoms with van der Waals surface area (Å²) in [7, 11) is 1.72. The van der Waals surface area contributed by atoms with Crippen molar-refractivity contribution in [1.82, 2.24) is 0 Å². The number of nitrogens with one attached hydrogen (secondary N) is 1. The maximum Gasteiger partial charge on any atom is 0.124 e. The summed E-state index contributed by atoms with van der Waals surface area (Å²) >= 11 is 0. The van der Waals surface area contributed by atoms with E-state index in [9.17, 15) is 5.11 Å². The van der Waals surface area contributed by atoms with Gasteiger partial charge in [0, 0.05) is 24.9 Å². The van der Waals surface area contributed by atoms with E-state index in [-0.39, 0.29) is 12.2 Å². The van der Waals surface area contributed by atoms with Crippen LogP contribution in [0.5, 0.6) is 5.75 Å². The first kappa shape index (κ1) is 15.8. The van der Waals surface area contributed by atoms with Crippen LogP contribution >= 0.6 is 0 Å². The Labute approximate surface area is 115 Å². The number of hydrogen-bond acceptors (Lipinski definition) is 4. The molecule has 0 aromatic heterocycles. The minimum absolute atomic E-state index is 0.0194. The van der Waals surface area contributed by atoms with Crippen molar-refractivity contribution in [2.24, 2.45) is 0 Å². The fourth-order valence-corrected chi connectivity index (χ4v) is 1.72. The SMILES string of the molecule is CCOc1ccc(NCCC(C)(C)OC)cc1CO. The Morgan fingerprint density at radius 2 is 2.05 bits per heavy atom. The Balaban J connectivity index is 2.60. The summed E-state index contributed by atoms with van der Waals surface area (Å²) < 4.78 is 10.8. The molecule has 0 saturated carbocycles. The van der Waals surface area contributed by atoms with E-state index >= 15 is 0 Å². The standard InChI is InChI=1S/C15H25NO3/c1-5-19-14-7-6-13(10-12(14)11-17)16-9-8-15(2,3)18-4/h6-7,10,16-17H,5,8-9,11H2,1-4H3. The van der Waals surface area contributed by atoms with Gasteiger partial charge in [-0.15, -0.1) is 0 Å². The van der Waals surface area contributed by atoms with Crippen molar-refractivity contribution >= 4 is 5.69 Å². The molecule has 4 nitrogen and oxygen atoms in total. The molecule has 0 aliphatic rings. The zero-order chi connectivity index (χ0) is 14.3. The summed E-state index contributed by atoms with van der Waals surface area (Å²) in [6, 6.07) is 5.77. The first-order valence-corrected chi connectivity index (χ1v) is 6.68. The predicted octanol–water partition coefficient (Wildman–Crippen LogP) is 2.80. The van der Waals surface area contributed by atoms with Gasteiger partial charge in [-0.25, -0.2) is 0 Å². The largest absolute Gasteiger partial charge is 0.494 e. The van der Waals surface area contributed by atoms with Crippen molar-refractivity contribution in [2.45, 2.75) is 39.4 Å². The van der Waals surface area contributed by atoms with Crippen LogP contribution < -0.4 is 10.1 Å². The molecule has 0 heterocycles. The second-order valence-electron chi connectivity index (χ2n) is 5.05. The Bertz CT molecular complexity index is 391. The number of ether oxygens (including phenoxy) is 2. The maximum absolute atomic E-state index is 9.33. The van der Waals surface area contributed by atoms with Crippen molar-refractivity contribution in [1.29, 1.82) is 0 Å². The molecule has 2 N–H and O–H groups in total. The summed E-state index contributed by atoms with van der Waals surface area (Å²) in [4.78, 5) is 0. The van der Waals surface area contributed by atoms with Gasteiger partial charge in [-0.05, 0) is 45.4 Å². The number of anilines is 1. The molecule has 0 spiro atoms. The average Bonchev–Trinajstić information content (AvgIpc) is 2.40. The van der Waals surface area contributed by atoms with Gasteiger partial charge in [0.1, 0.15) is 5.75 Å². The molecule has 1 aromatic carbocycles. The second-order valence-corrected chi connectivity index (χ2v) is 5.05. The van der Waals surface area contributed by atoms with Crippen LogP contribution in [-0.2, 0) is 11.3 Å². The van der Waals surface area contributed by atoms with Gasteiger partial charge in [-0.2, -0.15) is 0 Å². The molecule has 4 heteroatoms. The molecule has 1 aromatic rings. The smallest absolute Gasteiger partial charge is 0.124 e. The molecule has 0 atom stereocenters. The third-order valence-corrected chi connectivity index (χ3v) is 3.14. The third kappa shape index (κ3) is 5.09. The molecule has 0 aliphatic heterocycles. The van der Waals surface area contributed by atoms with E-state index in [1.807, 2.05) is 25.1 Å². The molecule has 0 bridgehead atoms. The van der Waals surface area contributed by atoms with Crippen LogP contribution in [0.1, 0.15) is 32.8 Å². The molecule has 108 valence electrons. The van der Waals surface area contributed by atoms with Gasteiger partial charge in [0.05, 0.1) is 18.8 Å². The topological polar surface area (TPSA) is 50.7 Å². The highest BCUT2D eigenvalue weighted by molar-refractivity contribution is 5.51. The van der Waals surface area contributed by atoms with Crippen LogP contribution in [0.3, 0.4) is 0 Å². The van der Waals surface area contributed by atoms with Crippen LogP contribution in [0.25, 0.3) is 0 Å². The summed E-state index contributed by atoms with van der Waals surface area (Å²) in [5.41, 5.74) is 1.66. The van der Waals surface area contributed by atoms with Gasteiger partial charge in [-0.3, -0.25) is 0 Å². The molecule has 0 aliphatic carbocycles. The fraction of sp³-hybridized carbons (Fsp3) is 0.600. The van der Waals surface area contributed by atoms with Crippen LogP contribution in [0.15, 0.2) is 18.2 Å². The lowest BCUT2D eigenvalue weighted by Crippen LogP contribution is -2.25. The Hall–Kier alpha value is -1.26. The molecule has 19 heavy (non-hydrogen) atoms. The van der Waals surface area contributed by atoms with E-state index in [1.54, 1.807) is 7.11 Å². The van der Waals surface area contributed by atoms with Crippen molar-refractivity contribution in [3.05, 3.63) is 23.8 Å². The monoisotopic (exact) mass is 267 g/mol. The number of rotatable bonds is 8. The minimum Gasteiger partial charge on any atom is -0.494 e. The van der Waals surface area contributed by atoms with E-state index in [1.165, 1.54) is 0 Å². The van der Waals surface area contributed by atoms with Crippen LogP contribution in [0.4, 0.5) is 5.69 Å². The molecule has 0 amide bonds. The number of aliphatic hydroxyl groups is 1. The Morgan fingerprint density at radius 3 is 2.63 bits per heavy atom. The summed E-state index contributed by atoms with van der Waals surface area (Å²) in [5, 5.41) is 12.7. The zero-order valence-corrected chi connectivity index (χ0v) is 12.3. The van der Waals surface area contributed by atoms with Gasteiger partial charge in [-0.1, -0.05) is 0 Å². The van der Waals surface area contributed by atoms with Crippen molar-refractivity contribution < 1.29 is 14.6 Å². The number of hydrogen-bond donors (Lipinski definition) is 2. The van der Waals surface area contributed by atoms with E-state index in [2.05, 4.69) is 19.2 Å². The molecule has 0 fully saturated rings. The quantitative estimate of drug-likeness (QED) is 0.760. The lowest BCUT2D eigenvalue weighted by Gasteiger charge is -2.23. The summed E-state index contributed by atoms with van der Waals surface area (Å²) in [5.74, 6) is 0.743. The Kier molecular flexibility index (Phi) is 6.12. The molecule has 0 unspecified atom stereocenters. The number of aliphatic hydroxyl groups excluding tert-OH is 1. The minimum atomic E-state index is -0.127. The van der Waals surface area contributed by atoms with Gasteiger partial charge < -0.3 is 19.9 Å². The van der Waals surface area contributed by atoms with E-state index in [0.29, 0.717) is 6.61 Å². The maximum atomic E-state index is 9.33. The summed E-state index contributed by atoms with van der Waals surface area (Å²) in [6.45, 7) is 7.45. The first-order valence-electron chi connectivity index (χ1n) is 6.68. The average molecular weight is 267 g/mol. The van der Waals surface area contributed by atoms with Crippen LogP contribution in [0.2, 0.25) is 0 Å². The van der Waals surface area contributed by atoms with Crippen LogP contribution in [0, 0.1) is 0 Å². The fourth-order valence-electron chi connectivity index (χ4n) is 1.72. The second kappa shape index (κ2) is 7.36. The predicted molar refractivity (Wildman–Crippen MR) is 77.7 cm³/mol. The molecule has 1 rings (SSSR count). The van der Waals surface area contributed by atoms with E-state index in [4.69, 9.17) is 9.47 Å². The normalized spacial score (nSPS) is 11.4. The lowest BCUT2D eigenvalue weighted by atomic mass is 10.1. The van der Waals surface area contributed by atoms with Gasteiger partial charge in [0.25, 0.3) is 0 Å². The first-order chi connectivity index (χ1) is 9.02. The third-order valence-electron chi connectivity index (χ3n) is 3.14. The highest BCUT2D eigenvalue weighted by atomic mass is 16.5. The van der Waals surface area contributed by atoms with Crippen molar-refractivity contribution in [2.75, 3.05) is 25.6 Å². The molecular weight excluding hydrogens is 242 g/mol. The lowest BCUT2D eigenvalue weighted by molar-refractivity contribution is 0.0185. The molecule has 0 saturated heterocycles. The van der Waals surface area contributed by atoms with Gasteiger partial charge >= 0.3 is 0 Å². The van der Waals surface area contributed by atoms with E-state index < -0.39 is 0 Å². The summed E-state index contributed by atoms with van der Waals surface area (Å²) in [6.07, 6.45) is 0.908.